The first-order valence-electron chi connectivity index (χ1n) is 6.89. The molecule has 2 aromatic rings. The number of urea groups is 1. The quantitative estimate of drug-likeness (QED) is 0.890. The molecular formula is C17H17N3O2. The minimum Gasteiger partial charge on any atom is -0.497 e. The number of rotatable bonds is 5. The first kappa shape index (κ1) is 15.4. The molecule has 2 aromatic carbocycles. The van der Waals surface area contributed by atoms with E-state index in [2.05, 4.69) is 10.6 Å². The van der Waals surface area contributed by atoms with Crippen LogP contribution in [-0.2, 0) is 6.42 Å². The second-order valence-electron chi connectivity index (χ2n) is 4.68. The maximum atomic E-state index is 11.8. The van der Waals surface area contributed by atoms with Gasteiger partial charge in [-0.25, -0.2) is 4.79 Å². The summed E-state index contributed by atoms with van der Waals surface area (Å²) < 4.78 is 5.16. The van der Waals surface area contributed by atoms with Gasteiger partial charge in [-0.3, -0.25) is 0 Å². The fourth-order valence-electron chi connectivity index (χ4n) is 1.99. The Kier molecular flexibility index (Phi) is 5.38. The Balaban J connectivity index is 1.81. The van der Waals surface area contributed by atoms with Crippen molar-refractivity contribution >= 4 is 11.7 Å². The number of nitrogens with zero attached hydrogens (tertiary/aromatic N) is 1. The van der Waals surface area contributed by atoms with Crippen molar-refractivity contribution in [3.63, 3.8) is 0 Å². The second kappa shape index (κ2) is 7.70. The van der Waals surface area contributed by atoms with E-state index < -0.39 is 0 Å². The Morgan fingerprint density at radius 1 is 1.23 bits per heavy atom. The molecule has 5 heteroatoms. The molecule has 0 aliphatic carbocycles. The number of amides is 2. The third kappa shape index (κ3) is 4.53. The number of nitrogens with one attached hydrogen (secondary N) is 2. The predicted octanol–water partition coefficient (Wildman–Crippen LogP) is 2.93. The predicted molar refractivity (Wildman–Crippen MR) is 84.9 cm³/mol. The summed E-state index contributed by atoms with van der Waals surface area (Å²) in [6, 6.07) is 16.2. The highest BCUT2D eigenvalue weighted by molar-refractivity contribution is 5.89. The molecule has 0 heterocycles. The first-order valence-corrected chi connectivity index (χ1v) is 6.89. The van der Waals surface area contributed by atoms with E-state index in [0.29, 0.717) is 24.2 Å². The molecule has 2 N–H and O–H groups in total. The average Bonchev–Trinajstić information content (AvgIpc) is 2.55. The molecule has 0 radical (unpaired) electrons. The highest BCUT2D eigenvalue weighted by Crippen LogP contribution is 2.12. The van der Waals surface area contributed by atoms with Gasteiger partial charge in [-0.2, -0.15) is 5.26 Å². The molecule has 2 amide bonds. The Morgan fingerprint density at radius 3 is 2.82 bits per heavy atom. The third-order valence-corrected chi connectivity index (χ3v) is 3.08. The van der Waals surface area contributed by atoms with Crippen molar-refractivity contribution in [1.29, 1.82) is 5.26 Å². The normalized spacial score (nSPS) is 9.64. The number of hydrogen-bond acceptors (Lipinski definition) is 3. The van der Waals surface area contributed by atoms with E-state index in [4.69, 9.17) is 10.00 Å². The first-order chi connectivity index (χ1) is 10.7. The molecule has 0 aliphatic heterocycles. The Labute approximate surface area is 129 Å². The Bertz CT molecular complexity index is 692. The summed E-state index contributed by atoms with van der Waals surface area (Å²) in [5.74, 6) is 0.801. The molecule has 0 saturated heterocycles. The van der Waals surface area contributed by atoms with Gasteiger partial charge in [-0.05, 0) is 42.3 Å². The topological polar surface area (TPSA) is 74.2 Å². The van der Waals surface area contributed by atoms with E-state index in [0.717, 1.165) is 11.3 Å². The molecule has 0 atom stereocenters. The van der Waals surface area contributed by atoms with Crippen LogP contribution in [0.5, 0.6) is 5.75 Å². The second-order valence-corrected chi connectivity index (χ2v) is 4.68. The molecule has 0 aliphatic rings. The fraction of sp³-hybridized carbons (Fsp3) is 0.176. The Hall–Kier alpha value is -3.00. The summed E-state index contributed by atoms with van der Waals surface area (Å²) in [6.45, 7) is 0.511. The number of methoxy groups -OCH3 is 1. The van der Waals surface area contributed by atoms with Crippen molar-refractivity contribution in [2.24, 2.45) is 0 Å². The zero-order chi connectivity index (χ0) is 15.8. The lowest BCUT2D eigenvalue weighted by molar-refractivity contribution is 0.252. The van der Waals surface area contributed by atoms with Gasteiger partial charge >= 0.3 is 6.03 Å². The number of carbonyl (C=O) groups excluding carboxylic acids is 1. The lowest BCUT2D eigenvalue weighted by atomic mass is 10.1. The van der Waals surface area contributed by atoms with Crippen molar-refractivity contribution in [3.8, 4) is 11.8 Å². The van der Waals surface area contributed by atoms with Crippen LogP contribution in [0, 0.1) is 11.3 Å². The van der Waals surface area contributed by atoms with Gasteiger partial charge in [0.05, 0.1) is 18.7 Å². The van der Waals surface area contributed by atoms with Crippen LogP contribution in [0.3, 0.4) is 0 Å². The molecule has 0 unspecified atom stereocenters. The lowest BCUT2D eigenvalue weighted by Crippen LogP contribution is -2.30. The van der Waals surface area contributed by atoms with E-state index in [-0.39, 0.29) is 6.03 Å². The van der Waals surface area contributed by atoms with E-state index in [1.807, 2.05) is 30.3 Å². The number of nitriles is 1. The summed E-state index contributed by atoms with van der Waals surface area (Å²) in [7, 11) is 1.63. The van der Waals surface area contributed by atoms with E-state index in [1.165, 1.54) is 0 Å². The molecule has 112 valence electrons. The molecule has 0 saturated carbocycles. The van der Waals surface area contributed by atoms with E-state index in [1.54, 1.807) is 31.4 Å². The number of benzene rings is 2. The number of hydrogen-bond donors (Lipinski definition) is 2. The van der Waals surface area contributed by atoms with Crippen LogP contribution in [0.2, 0.25) is 0 Å². The van der Waals surface area contributed by atoms with Crippen molar-refractivity contribution in [3.05, 3.63) is 59.7 Å². The monoisotopic (exact) mass is 295 g/mol. The van der Waals surface area contributed by atoms with Gasteiger partial charge in [0.1, 0.15) is 5.75 Å². The van der Waals surface area contributed by atoms with Crippen molar-refractivity contribution < 1.29 is 9.53 Å². The van der Waals surface area contributed by atoms with Gasteiger partial charge in [0.2, 0.25) is 0 Å². The van der Waals surface area contributed by atoms with Crippen molar-refractivity contribution in [2.75, 3.05) is 19.0 Å². The minimum absolute atomic E-state index is 0.294. The van der Waals surface area contributed by atoms with Gasteiger partial charge in [-0.1, -0.05) is 18.2 Å². The SMILES string of the molecule is COc1cccc(CCNC(=O)Nc2cccc(C#N)c2)c1. The van der Waals surface area contributed by atoms with Crippen LogP contribution in [0.1, 0.15) is 11.1 Å². The number of ether oxygens (including phenoxy) is 1. The molecule has 22 heavy (non-hydrogen) atoms. The minimum atomic E-state index is -0.294. The maximum absolute atomic E-state index is 11.8. The van der Waals surface area contributed by atoms with Crippen LogP contribution in [0.25, 0.3) is 0 Å². The van der Waals surface area contributed by atoms with Gasteiger partial charge in [-0.15, -0.1) is 0 Å². The van der Waals surface area contributed by atoms with Crippen LogP contribution in [0.4, 0.5) is 10.5 Å². The lowest BCUT2D eigenvalue weighted by Gasteiger charge is -2.08. The highest BCUT2D eigenvalue weighted by Gasteiger charge is 2.02. The van der Waals surface area contributed by atoms with Crippen LogP contribution in [0.15, 0.2) is 48.5 Å². The zero-order valence-corrected chi connectivity index (χ0v) is 12.3. The summed E-state index contributed by atoms with van der Waals surface area (Å²) in [6.07, 6.45) is 0.711. The highest BCUT2D eigenvalue weighted by atomic mass is 16.5. The molecule has 0 fully saturated rings. The number of anilines is 1. The molecule has 0 spiro atoms. The third-order valence-electron chi connectivity index (χ3n) is 3.08. The molecule has 5 nitrogen and oxygen atoms in total. The molecule has 0 aromatic heterocycles. The van der Waals surface area contributed by atoms with E-state index >= 15 is 0 Å². The number of carbonyl (C=O) groups is 1. The molecule has 2 rings (SSSR count). The molecule has 0 bridgehead atoms. The van der Waals surface area contributed by atoms with E-state index in [9.17, 15) is 4.79 Å². The zero-order valence-electron chi connectivity index (χ0n) is 12.3. The van der Waals surface area contributed by atoms with Crippen LogP contribution < -0.4 is 15.4 Å². The smallest absolute Gasteiger partial charge is 0.319 e. The van der Waals surface area contributed by atoms with Crippen molar-refractivity contribution in [1.82, 2.24) is 5.32 Å². The average molecular weight is 295 g/mol. The van der Waals surface area contributed by atoms with Crippen molar-refractivity contribution in [2.45, 2.75) is 6.42 Å². The summed E-state index contributed by atoms with van der Waals surface area (Å²) in [5.41, 5.74) is 2.19. The summed E-state index contributed by atoms with van der Waals surface area (Å²) >= 11 is 0. The standard InChI is InChI=1S/C17H17N3O2/c1-22-16-7-3-4-13(11-16)8-9-19-17(21)20-15-6-2-5-14(10-15)12-18/h2-7,10-11H,8-9H2,1H3,(H2,19,20,21). The molecular weight excluding hydrogens is 278 g/mol. The van der Waals surface area contributed by atoms with Gasteiger partial charge in [0.25, 0.3) is 0 Å². The van der Waals surface area contributed by atoms with Gasteiger partial charge < -0.3 is 15.4 Å². The van der Waals surface area contributed by atoms with Crippen LogP contribution >= 0.6 is 0 Å². The summed E-state index contributed by atoms with van der Waals surface area (Å²) in [5, 5.41) is 14.3. The Morgan fingerprint density at radius 2 is 2.05 bits per heavy atom. The largest absolute Gasteiger partial charge is 0.497 e. The fourth-order valence-corrected chi connectivity index (χ4v) is 1.99. The van der Waals surface area contributed by atoms with Gasteiger partial charge in [0.15, 0.2) is 0 Å². The van der Waals surface area contributed by atoms with Gasteiger partial charge in [0, 0.05) is 12.2 Å². The summed E-state index contributed by atoms with van der Waals surface area (Å²) in [4.78, 5) is 11.8. The van der Waals surface area contributed by atoms with Crippen LogP contribution in [-0.4, -0.2) is 19.7 Å². The maximum Gasteiger partial charge on any atom is 0.319 e.